The SMILES string of the molecule is O=CCSC1Cc2ccccc2S1(=O)=O. The lowest BCUT2D eigenvalue weighted by molar-refractivity contribution is -0.105. The fourth-order valence-electron chi connectivity index (χ4n) is 1.68. The van der Waals surface area contributed by atoms with Crippen LogP contribution in [0.1, 0.15) is 5.56 Å². The number of aldehydes is 1. The molecule has 1 aromatic rings. The van der Waals surface area contributed by atoms with E-state index in [1.54, 1.807) is 12.1 Å². The fraction of sp³-hybridized carbons (Fsp3) is 0.300. The van der Waals surface area contributed by atoms with Crippen LogP contribution >= 0.6 is 11.8 Å². The molecule has 0 aliphatic carbocycles. The van der Waals surface area contributed by atoms with Gasteiger partial charge in [-0.3, -0.25) is 0 Å². The minimum atomic E-state index is -3.21. The molecule has 1 aromatic carbocycles. The zero-order valence-corrected chi connectivity index (χ0v) is 9.55. The predicted molar refractivity (Wildman–Crippen MR) is 59.6 cm³/mol. The van der Waals surface area contributed by atoms with Crippen LogP contribution in [-0.4, -0.2) is 25.0 Å². The molecule has 0 N–H and O–H groups in total. The van der Waals surface area contributed by atoms with E-state index in [2.05, 4.69) is 0 Å². The number of carbonyl (C=O) groups excluding carboxylic acids is 1. The van der Waals surface area contributed by atoms with Gasteiger partial charge < -0.3 is 4.79 Å². The molecule has 0 spiro atoms. The smallest absolute Gasteiger partial charge is 0.191 e. The maximum atomic E-state index is 12.0. The number of hydrogen-bond donors (Lipinski definition) is 0. The van der Waals surface area contributed by atoms with Crippen molar-refractivity contribution in [3.63, 3.8) is 0 Å². The second kappa shape index (κ2) is 3.98. The Kier molecular flexibility index (Phi) is 2.84. The van der Waals surface area contributed by atoms with E-state index in [1.807, 2.05) is 12.1 Å². The van der Waals surface area contributed by atoms with Crippen LogP contribution in [0, 0.1) is 0 Å². The molecular weight excluding hydrogens is 232 g/mol. The van der Waals surface area contributed by atoms with Gasteiger partial charge in [-0.15, -0.1) is 11.8 Å². The van der Waals surface area contributed by atoms with E-state index in [-0.39, 0.29) is 5.75 Å². The number of hydrogen-bond acceptors (Lipinski definition) is 4. The summed E-state index contributed by atoms with van der Waals surface area (Å²) in [5.41, 5.74) is 0.862. The lowest BCUT2D eigenvalue weighted by Crippen LogP contribution is -2.13. The Bertz CT molecular complexity index is 479. The van der Waals surface area contributed by atoms with E-state index in [9.17, 15) is 13.2 Å². The number of thioether (sulfide) groups is 1. The molecule has 0 fully saturated rings. The molecule has 1 heterocycles. The quantitative estimate of drug-likeness (QED) is 0.749. The second-order valence-corrected chi connectivity index (χ2v) is 6.92. The molecule has 1 aliphatic rings. The van der Waals surface area contributed by atoms with Crippen molar-refractivity contribution in [2.75, 3.05) is 5.75 Å². The minimum Gasteiger partial charge on any atom is -0.302 e. The third kappa shape index (κ3) is 1.81. The molecule has 0 saturated carbocycles. The summed E-state index contributed by atoms with van der Waals surface area (Å²) in [6.45, 7) is 0. The highest BCUT2D eigenvalue weighted by atomic mass is 32.3. The summed E-state index contributed by atoms with van der Waals surface area (Å²) in [7, 11) is -3.21. The minimum absolute atomic E-state index is 0.234. The highest BCUT2D eigenvalue weighted by Crippen LogP contribution is 2.36. The van der Waals surface area contributed by atoms with Gasteiger partial charge in [-0.05, 0) is 11.6 Å². The first-order valence-electron chi connectivity index (χ1n) is 4.53. The first kappa shape index (κ1) is 10.7. The van der Waals surface area contributed by atoms with E-state index in [0.717, 1.165) is 11.8 Å². The normalized spacial score (nSPS) is 22.3. The Morgan fingerprint density at radius 1 is 1.40 bits per heavy atom. The molecule has 15 heavy (non-hydrogen) atoms. The molecule has 1 aliphatic heterocycles. The van der Waals surface area contributed by atoms with Crippen LogP contribution in [0.5, 0.6) is 0 Å². The predicted octanol–water partition coefficient (Wildman–Crippen LogP) is 1.27. The van der Waals surface area contributed by atoms with Gasteiger partial charge in [0.2, 0.25) is 0 Å². The largest absolute Gasteiger partial charge is 0.302 e. The van der Waals surface area contributed by atoms with E-state index >= 15 is 0 Å². The van der Waals surface area contributed by atoms with Crippen molar-refractivity contribution in [2.24, 2.45) is 0 Å². The summed E-state index contributed by atoms with van der Waals surface area (Å²) in [6, 6.07) is 7.02. The number of fused-ring (bicyclic) bond motifs is 1. The summed E-state index contributed by atoms with van der Waals surface area (Å²) in [6.07, 6.45) is 1.25. The van der Waals surface area contributed by atoms with Crippen LogP contribution in [0.25, 0.3) is 0 Å². The standard InChI is InChI=1S/C10H10O3S2/c11-5-6-14-10-7-8-3-1-2-4-9(8)15(10,12)13/h1-5,10H,6-7H2. The third-order valence-electron chi connectivity index (χ3n) is 2.36. The molecule has 0 saturated heterocycles. The van der Waals surface area contributed by atoms with Crippen LogP contribution in [0.2, 0.25) is 0 Å². The molecule has 0 amide bonds. The molecule has 2 rings (SSSR count). The topological polar surface area (TPSA) is 51.2 Å². The summed E-state index contributed by atoms with van der Waals surface area (Å²) >= 11 is 1.19. The third-order valence-corrected chi connectivity index (χ3v) is 6.27. The second-order valence-electron chi connectivity index (χ2n) is 3.29. The number of carbonyl (C=O) groups is 1. The first-order chi connectivity index (χ1) is 7.16. The highest BCUT2D eigenvalue weighted by Gasteiger charge is 2.36. The summed E-state index contributed by atoms with van der Waals surface area (Å²) < 4.78 is 23.4. The van der Waals surface area contributed by atoms with Gasteiger partial charge in [0.05, 0.1) is 10.6 Å². The van der Waals surface area contributed by atoms with Crippen LogP contribution in [0.4, 0.5) is 0 Å². The lowest BCUT2D eigenvalue weighted by atomic mass is 10.2. The molecule has 3 nitrogen and oxygen atoms in total. The van der Waals surface area contributed by atoms with Gasteiger partial charge in [0.1, 0.15) is 10.9 Å². The van der Waals surface area contributed by atoms with Gasteiger partial charge in [0, 0.05) is 6.42 Å². The van der Waals surface area contributed by atoms with Crippen LogP contribution in [0.3, 0.4) is 0 Å². The maximum absolute atomic E-state index is 12.0. The van der Waals surface area contributed by atoms with Gasteiger partial charge in [0.15, 0.2) is 9.84 Å². The average molecular weight is 242 g/mol. The van der Waals surface area contributed by atoms with Crippen LogP contribution in [0.15, 0.2) is 29.2 Å². The summed E-state index contributed by atoms with van der Waals surface area (Å²) in [4.78, 5) is 10.7. The molecule has 5 heteroatoms. The monoisotopic (exact) mass is 242 g/mol. The van der Waals surface area contributed by atoms with E-state index in [1.165, 1.54) is 11.8 Å². The van der Waals surface area contributed by atoms with Gasteiger partial charge >= 0.3 is 0 Å². The Morgan fingerprint density at radius 3 is 2.80 bits per heavy atom. The van der Waals surface area contributed by atoms with E-state index < -0.39 is 14.4 Å². The average Bonchev–Trinajstić information content (AvgIpc) is 2.48. The molecule has 1 unspecified atom stereocenters. The van der Waals surface area contributed by atoms with Crippen molar-refractivity contribution >= 4 is 27.9 Å². The van der Waals surface area contributed by atoms with Crippen molar-refractivity contribution in [1.82, 2.24) is 0 Å². The van der Waals surface area contributed by atoms with Gasteiger partial charge in [0.25, 0.3) is 0 Å². The van der Waals surface area contributed by atoms with Crippen molar-refractivity contribution in [3.05, 3.63) is 29.8 Å². The molecule has 1 atom stereocenters. The zero-order valence-electron chi connectivity index (χ0n) is 7.92. The Morgan fingerprint density at radius 2 is 2.13 bits per heavy atom. The number of benzene rings is 1. The van der Waals surface area contributed by atoms with Gasteiger partial charge in [-0.25, -0.2) is 8.42 Å². The van der Waals surface area contributed by atoms with Crippen LogP contribution < -0.4 is 0 Å². The lowest BCUT2D eigenvalue weighted by Gasteiger charge is -2.05. The Labute approximate surface area is 92.8 Å². The molecule has 80 valence electrons. The van der Waals surface area contributed by atoms with Crippen LogP contribution in [-0.2, 0) is 21.1 Å². The van der Waals surface area contributed by atoms with Crippen molar-refractivity contribution in [3.8, 4) is 0 Å². The summed E-state index contributed by atoms with van der Waals surface area (Å²) in [5.74, 6) is 0.234. The highest BCUT2D eigenvalue weighted by molar-refractivity contribution is 8.14. The number of rotatable bonds is 3. The van der Waals surface area contributed by atoms with Gasteiger partial charge in [-0.2, -0.15) is 0 Å². The van der Waals surface area contributed by atoms with E-state index in [0.29, 0.717) is 11.3 Å². The van der Waals surface area contributed by atoms with Crippen molar-refractivity contribution < 1.29 is 13.2 Å². The molecular formula is C10H10O3S2. The number of sulfone groups is 1. The van der Waals surface area contributed by atoms with Crippen molar-refractivity contribution in [2.45, 2.75) is 15.9 Å². The first-order valence-corrected chi connectivity index (χ1v) is 7.13. The summed E-state index contributed by atoms with van der Waals surface area (Å²) in [5, 5.41) is 0. The molecule has 0 bridgehead atoms. The Hall–Kier alpha value is -0.810. The van der Waals surface area contributed by atoms with Gasteiger partial charge in [-0.1, -0.05) is 18.2 Å². The fourth-order valence-corrected chi connectivity index (χ4v) is 5.00. The molecule has 0 aromatic heterocycles. The maximum Gasteiger partial charge on any atom is 0.191 e. The zero-order chi connectivity index (χ0) is 10.9. The Balaban J connectivity index is 2.34. The van der Waals surface area contributed by atoms with E-state index in [4.69, 9.17) is 0 Å². The van der Waals surface area contributed by atoms with Crippen molar-refractivity contribution in [1.29, 1.82) is 0 Å². The molecule has 0 radical (unpaired) electrons.